The van der Waals surface area contributed by atoms with Gasteiger partial charge in [-0.1, -0.05) is 12.1 Å². The maximum atomic E-state index is 11.8. The molecule has 5 heteroatoms. The van der Waals surface area contributed by atoms with Crippen molar-refractivity contribution in [3.8, 4) is 5.75 Å². The third kappa shape index (κ3) is 2.70. The zero-order valence-corrected chi connectivity index (χ0v) is 10.9. The number of benzene rings is 1. The Labute approximate surface area is 111 Å². The summed E-state index contributed by atoms with van der Waals surface area (Å²) in [4.78, 5) is 23.5. The summed E-state index contributed by atoms with van der Waals surface area (Å²) in [6.07, 6.45) is 0. The molecule has 1 aliphatic heterocycles. The average Bonchev–Trinajstić information content (AvgIpc) is 2.81. The zero-order chi connectivity index (χ0) is 13.8. The molecular formula is C14H16O5. The quantitative estimate of drug-likeness (QED) is 0.609. The Bertz CT molecular complexity index is 465. The number of rotatable bonds is 4. The molecule has 0 radical (unpaired) electrons. The van der Waals surface area contributed by atoms with Crippen molar-refractivity contribution in [2.24, 2.45) is 5.92 Å². The molecule has 0 saturated carbocycles. The lowest BCUT2D eigenvalue weighted by Crippen LogP contribution is -2.26. The second-order valence-corrected chi connectivity index (χ2v) is 4.24. The molecule has 0 aliphatic carbocycles. The normalized spacial score (nSPS) is 21.9. The summed E-state index contributed by atoms with van der Waals surface area (Å²) in [6, 6.07) is 7.25. The molecule has 0 aromatic heterocycles. The molecule has 0 unspecified atom stereocenters. The van der Waals surface area contributed by atoms with Gasteiger partial charge in [0.05, 0.1) is 20.3 Å². The Morgan fingerprint density at radius 1 is 1.37 bits per heavy atom. The highest BCUT2D eigenvalue weighted by Crippen LogP contribution is 2.33. The van der Waals surface area contributed by atoms with E-state index >= 15 is 0 Å². The lowest BCUT2D eigenvalue weighted by atomic mass is 9.88. The summed E-state index contributed by atoms with van der Waals surface area (Å²) < 4.78 is 15.0. The van der Waals surface area contributed by atoms with Crippen LogP contribution in [-0.2, 0) is 19.1 Å². The molecule has 1 fully saturated rings. The van der Waals surface area contributed by atoms with Gasteiger partial charge < -0.3 is 14.2 Å². The third-order valence-corrected chi connectivity index (χ3v) is 3.15. The van der Waals surface area contributed by atoms with Crippen LogP contribution in [0.1, 0.15) is 18.4 Å². The van der Waals surface area contributed by atoms with Crippen LogP contribution in [0.25, 0.3) is 0 Å². The fraction of sp³-hybridized carbons (Fsp3) is 0.429. The molecule has 1 saturated heterocycles. The van der Waals surface area contributed by atoms with Gasteiger partial charge in [-0.2, -0.15) is 0 Å². The zero-order valence-electron chi connectivity index (χ0n) is 10.9. The van der Waals surface area contributed by atoms with E-state index in [1.807, 2.05) is 12.1 Å². The standard InChI is InChI=1S/C14H16O5/c1-3-18-13(15)12-11(8-19-14(12)16)9-4-6-10(17-2)7-5-9/h4-7,11-12H,3,8H2,1-2H3/t11-,12-/m0/s1. The molecule has 1 aliphatic rings. The molecule has 19 heavy (non-hydrogen) atoms. The van der Waals surface area contributed by atoms with Crippen LogP contribution in [0.5, 0.6) is 5.75 Å². The molecule has 0 bridgehead atoms. The van der Waals surface area contributed by atoms with Crippen LogP contribution in [0.3, 0.4) is 0 Å². The topological polar surface area (TPSA) is 61.8 Å². The monoisotopic (exact) mass is 264 g/mol. The SMILES string of the molecule is CCOC(=O)[C@H]1C(=O)OC[C@H]1c1ccc(OC)cc1. The van der Waals surface area contributed by atoms with Gasteiger partial charge in [0.25, 0.3) is 0 Å². The highest BCUT2D eigenvalue weighted by atomic mass is 16.6. The Kier molecular flexibility index (Phi) is 4.04. The molecule has 0 spiro atoms. The number of carbonyl (C=O) groups is 2. The van der Waals surface area contributed by atoms with Gasteiger partial charge in [0.2, 0.25) is 0 Å². The van der Waals surface area contributed by atoms with Gasteiger partial charge in [0.1, 0.15) is 5.75 Å². The molecule has 1 aromatic carbocycles. The van der Waals surface area contributed by atoms with E-state index in [0.29, 0.717) is 0 Å². The minimum Gasteiger partial charge on any atom is -0.497 e. The van der Waals surface area contributed by atoms with E-state index in [4.69, 9.17) is 14.2 Å². The van der Waals surface area contributed by atoms with Crippen LogP contribution in [0.2, 0.25) is 0 Å². The highest BCUT2D eigenvalue weighted by molar-refractivity contribution is 5.97. The Morgan fingerprint density at radius 2 is 2.05 bits per heavy atom. The van der Waals surface area contributed by atoms with E-state index in [1.54, 1.807) is 26.2 Å². The summed E-state index contributed by atoms with van der Waals surface area (Å²) >= 11 is 0. The number of hydrogen-bond acceptors (Lipinski definition) is 5. The van der Waals surface area contributed by atoms with Crippen LogP contribution in [0, 0.1) is 5.92 Å². The minimum absolute atomic E-state index is 0.203. The molecule has 1 aromatic rings. The van der Waals surface area contributed by atoms with Gasteiger partial charge in [0, 0.05) is 5.92 Å². The van der Waals surface area contributed by atoms with Crippen molar-refractivity contribution in [1.82, 2.24) is 0 Å². The first-order valence-corrected chi connectivity index (χ1v) is 6.14. The summed E-state index contributed by atoms with van der Waals surface area (Å²) in [5, 5.41) is 0. The molecule has 2 rings (SSSR count). The van der Waals surface area contributed by atoms with Crippen LogP contribution in [0.15, 0.2) is 24.3 Å². The lowest BCUT2D eigenvalue weighted by Gasteiger charge is -2.14. The van der Waals surface area contributed by atoms with Crippen LogP contribution in [0.4, 0.5) is 0 Å². The summed E-state index contributed by atoms with van der Waals surface area (Å²) in [6.45, 7) is 2.16. The molecule has 0 N–H and O–H groups in total. The summed E-state index contributed by atoms with van der Waals surface area (Å²) in [7, 11) is 1.58. The van der Waals surface area contributed by atoms with Crippen molar-refractivity contribution in [3.05, 3.63) is 29.8 Å². The van der Waals surface area contributed by atoms with E-state index in [9.17, 15) is 9.59 Å². The molecule has 102 valence electrons. The van der Waals surface area contributed by atoms with Crippen molar-refractivity contribution in [1.29, 1.82) is 0 Å². The first-order chi connectivity index (χ1) is 9.17. The number of esters is 2. The van der Waals surface area contributed by atoms with E-state index in [-0.39, 0.29) is 19.1 Å². The second-order valence-electron chi connectivity index (χ2n) is 4.24. The predicted molar refractivity (Wildman–Crippen MR) is 66.8 cm³/mol. The second kappa shape index (κ2) is 5.73. The molecule has 2 atom stereocenters. The summed E-state index contributed by atoms with van der Waals surface area (Å²) in [5.41, 5.74) is 0.865. The van der Waals surface area contributed by atoms with E-state index in [1.165, 1.54) is 0 Å². The fourth-order valence-corrected chi connectivity index (χ4v) is 2.15. The smallest absolute Gasteiger partial charge is 0.321 e. The average molecular weight is 264 g/mol. The largest absolute Gasteiger partial charge is 0.497 e. The van der Waals surface area contributed by atoms with E-state index in [2.05, 4.69) is 0 Å². The number of methoxy groups -OCH3 is 1. The van der Waals surface area contributed by atoms with E-state index in [0.717, 1.165) is 11.3 Å². The Hall–Kier alpha value is -2.04. The summed E-state index contributed by atoms with van der Waals surface area (Å²) in [5.74, 6) is -1.47. The maximum Gasteiger partial charge on any atom is 0.321 e. The van der Waals surface area contributed by atoms with Crippen molar-refractivity contribution < 1.29 is 23.8 Å². The van der Waals surface area contributed by atoms with Gasteiger partial charge in [-0.3, -0.25) is 9.59 Å². The first kappa shape index (κ1) is 13.4. The molecule has 1 heterocycles. The molecule has 5 nitrogen and oxygen atoms in total. The molecule has 0 amide bonds. The Balaban J connectivity index is 2.21. The first-order valence-electron chi connectivity index (χ1n) is 6.14. The predicted octanol–water partition coefficient (Wildman–Crippen LogP) is 1.51. The highest BCUT2D eigenvalue weighted by Gasteiger charge is 2.44. The van der Waals surface area contributed by atoms with Crippen molar-refractivity contribution in [2.45, 2.75) is 12.8 Å². The van der Waals surface area contributed by atoms with Crippen LogP contribution < -0.4 is 4.74 Å². The van der Waals surface area contributed by atoms with Crippen molar-refractivity contribution in [2.75, 3.05) is 20.3 Å². The van der Waals surface area contributed by atoms with Crippen LogP contribution in [-0.4, -0.2) is 32.3 Å². The van der Waals surface area contributed by atoms with E-state index < -0.39 is 17.9 Å². The lowest BCUT2D eigenvalue weighted by molar-refractivity contribution is -0.155. The Morgan fingerprint density at radius 3 is 2.63 bits per heavy atom. The number of carbonyl (C=O) groups excluding carboxylic acids is 2. The number of cyclic esters (lactones) is 1. The van der Waals surface area contributed by atoms with Gasteiger partial charge in [-0.05, 0) is 24.6 Å². The van der Waals surface area contributed by atoms with Crippen molar-refractivity contribution >= 4 is 11.9 Å². The number of ether oxygens (including phenoxy) is 3. The van der Waals surface area contributed by atoms with Crippen LogP contribution >= 0.6 is 0 Å². The van der Waals surface area contributed by atoms with Gasteiger partial charge in [-0.15, -0.1) is 0 Å². The molecular weight excluding hydrogens is 248 g/mol. The maximum absolute atomic E-state index is 11.8. The van der Waals surface area contributed by atoms with Gasteiger partial charge in [0.15, 0.2) is 5.92 Å². The third-order valence-electron chi connectivity index (χ3n) is 3.15. The van der Waals surface area contributed by atoms with Gasteiger partial charge >= 0.3 is 11.9 Å². The van der Waals surface area contributed by atoms with Gasteiger partial charge in [-0.25, -0.2) is 0 Å². The fourth-order valence-electron chi connectivity index (χ4n) is 2.15. The van der Waals surface area contributed by atoms with Crippen molar-refractivity contribution in [3.63, 3.8) is 0 Å². The minimum atomic E-state index is -0.867. The number of hydrogen-bond donors (Lipinski definition) is 0.